The third-order valence-electron chi connectivity index (χ3n) is 2.80. The molecule has 0 aliphatic carbocycles. The van der Waals surface area contributed by atoms with Gasteiger partial charge in [0.1, 0.15) is 5.75 Å². The van der Waals surface area contributed by atoms with Crippen molar-refractivity contribution in [1.82, 2.24) is 0 Å². The van der Waals surface area contributed by atoms with E-state index < -0.39 is 0 Å². The van der Waals surface area contributed by atoms with Gasteiger partial charge in [-0.3, -0.25) is 0 Å². The van der Waals surface area contributed by atoms with Crippen LogP contribution in [-0.4, -0.2) is 7.11 Å². The van der Waals surface area contributed by atoms with Gasteiger partial charge in [0.2, 0.25) is 0 Å². The molecule has 82 valence electrons. The molecule has 0 amide bonds. The van der Waals surface area contributed by atoms with Crippen LogP contribution in [0.1, 0.15) is 11.1 Å². The third-order valence-corrected chi connectivity index (χ3v) is 2.80. The quantitative estimate of drug-likeness (QED) is 0.731. The molecule has 0 saturated heterocycles. The van der Waals surface area contributed by atoms with Crippen molar-refractivity contribution >= 4 is 0 Å². The molecule has 2 rings (SSSR count). The lowest BCUT2D eigenvalue weighted by Crippen LogP contribution is -1.87. The molecule has 0 atom stereocenters. The molecule has 2 aromatic rings. The Kier molecular flexibility index (Phi) is 2.95. The summed E-state index contributed by atoms with van der Waals surface area (Å²) in [6, 6.07) is 14.8. The second kappa shape index (κ2) is 4.40. The summed E-state index contributed by atoms with van der Waals surface area (Å²) in [5.74, 6) is 0.911. The van der Waals surface area contributed by atoms with Crippen LogP contribution < -0.4 is 4.74 Å². The number of hydrogen-bond acceptors (Lipinski definition) is 1. The highest BCUT2D eigenvalue weighted by molar-refractivity contribution is 5.68. The van der Waals surface area contributed by atoms with Crippen molar-refractivity contribution in [2.75, 3.05) is 7.11 Å². The van der Waals surface area contributed by atoms with E-state index in [1.165, 1.54) is 22.3 Å². The van der Waals surface area contributed by atoms with Crippen LogP contribution in [0.5, 0.6) is 5.75 Å². The monoisotopic (exact) mass is 212 g/mol. The molecule has 0 saturated carbocycles. The summed E-state index contributed by atoms with van der Waals surface area (Å²) in [4.78, 5) is 0. The molecule has 16 heavy (non-hydrogen) atoms. The molecule has 0 heterocycles. The topological polar surface area (TPSA) is 9.23 Å². The lowest BCUT2D eigenvalue weighted by Gasteiger charge is -2.08. The normalized spacial score (nSPS) is 10.2. The molecule has 0 radical (unpaired) electrons. The summed E-state index contributed by atoms with van der Waals surface area (Å²) < 4.78 is 5.20. The minimum Gasteiger partial charge on any atom is -0.497 e. The fourth-order valence-corrected chi connectivity index (χ4v) is 1.82. The summed E-state index contributed by atoms with van der Waals surface area (Å²) in [5.41, 5.74) is 5.05. The summed E-state index contributed by atoms with van der Waals surface area (Å²) >= 11 is 0. The Balaban J connectivity index is 2.44. The number of hydrogen-bond donors (Lipinski definition) is 0. The Labute approximate surface area is 96.7 Å². The van der Waals surface area contributed by atoms with Gasteiger partial charge in [0, 0.05) is 0 Å². The van der Waals surface area contributed by atoms with Crippen LogP contribution >= 0.6 is 0 Å². The van der Waals surface area contributed by atoms with E-state index in [0.717, 1.165) is 5.75 Å². The van der Waals surface area contributed by atoms with Gasteiger partial charge < -0.3 is 4.74 Å². The molecule has 0 bridgehead atoms. The molecule has 0 aliphatic heterocycles. The van der Waals surface area contributed by atoms with Gasteiger partial charge in [0.25, 0.3) is 0 Å². The first-order valence-corrected chi connectivity index (χ1v) is 5.42. The average Bonchev–Trinajstić information content (AvgIpc) is 2.30. The van der Waals surface area contributed by atoms with Crippen molar-refractivity contribution in [2.24, 2.45) is 0 Å². The van der Waals surface area contributed by atoms with Crippen LogP contribution in [0.15, 0.2) is 42.5 Å². The Morgan fingerprint density at radius 3 is 2.12 bits per heavy atom. The van der Waals surface area contributed by atoms with Gasteiger partial charge in [0.15, 0.2) is 0 Å². The predicted molar refractivity (Wildman–Crippen MR) is 67.9 cm³/mol. The van der Waals surface area contributed by atoms with E-state index in [9.17, 15) is 0 Å². The van der Waals surface area contributed by atoms with Crippen molar-refractivity contribution in [3.05, 3.63) is 53.6 Å². The molecule has 1 heteroatoms. The first kappa shape index (κ1) is 10.7. The van der Waals surface area contributed by atoms with E-state index >= 15 is 0 Å². The number of methoxy groups -OCH3 is 1. The van der Waals surface area contributed by atoms with Crippen LogP contribution in [0, 0.1) is 13.8 Å². The van der Waals surface area contributed by atoms with Gasteiger partial charge in [-0.25, -0.2) is 0 Å². The lowest BCUT2D eigenvalue weighted by atomic mass is 9.99. The zero-order valence-electron chi connectivity index (χ0n) is 9.95. The summed E-state index contributed by atoms with van der Waals surface area (Å²) in [7, 11) is 1.69. The number of benzene rings is 2. The van der Waals surface area contributed by atoms with Gasteiger partial charge >= 0.3 is 0 Å². The molecule has 2 aromatic carbocycles. The van der Waals surface area contributed by atoms with Gasteiger partial charge in [-0.15, -0.1) is 0 Å². The second-order valence-electron chi connectivity index (χ2n) is 4.05. The van der Waals surface area contributed by atoms with Crippen LogP contribution in [0.3, 0.4) is 0 Å². The molecule has 1 nitrogen and oxygen atoms in total. The van der Waals surface area contributed by atoms with Crippen LogP contribution in [-0.2, 0) is 0 Å². The van der Waals surface area contributed by atoms with Crippen molar-refractivity contribution < 1.29 is 4.74 Å². The van der Waals surface area contributed by atoms with Gasteiger partial charge in [-0.05, 0) is 42.7 Å². The highest BCUT2D eigenvalue weighted by Crippen LogP contribution is 2.26. The number of aryl methyl sites for hydroxylation is 2. The van der Waals surface area contributed by atoms with Gasteiger partial charge in [0.05, 0.1) is 7.11 Å². The van der Waals surface area contributed by atoms with E-state index in [0.29, 0.717) is 0 Å². The maximum absolute atomic E-state index is 5.20. The fourth-order valence-electron chi connectivity index (χ4n) is 1.82. The Morgan fingerprint density at radius 2 is 1.56 bits per heavy atom. The molecule has 0 aromatic heterocycles. The summed E-state index contributed by atoms with van der Waals surface area (Å²) in [6.07, 6.45) is 0. The van der Waals surface area contributed by atoms with E-state index in [4.69, 9.17) is 4.74 Å². The van der Waals surface area contributed by atoms with Gasteiger partial charge in [-0.1, -0.05) is 35.9 Å². The zero-order chi connectivity index (χ0) is 11.5. The van der Waals surface area contributed by atoms with Crippen molar-refractivity contribution in [3.8, 4) is 16.9 Å². The van der Waals surface area contributed by atoms with E-state index in [1.807, 2.05) is 6.07 Å². The van der Waals surface area contributed by atoms with Crippen molar-refractivity contribution in [3.63, 3.8) is 0 Å². The van der Waals surface area contributed by atoms with E-state index in [1.54, 1.807) is 7.11 Å². The third kappa shape index (κ3) is 2.08. The first-order chi connectivity index (χ1) is 7.70. The summed E-state index contributed by atoms with van der Waals surface area (Å²) in [6.45, 7) is 4.21. The van der Waals surface area contributed by atoms with Crippen LogP contribution in [0.25, 0.3) is 11.1 Å². The maximum atomic E-state index is 5.20. The van der Waals surface area contributed by atoms with Crippen LogP contribution in [0.4, 0.5) is 0 Å². The van der Waals surface area contributed by atoms with Gasteiger partial charge in [-0.2, -0.15) is 0 Å². The van der Waals surface area contributed by atoms with Crippen molar-refractivity contribution in [1.29, 1.82) is 0 Å². The fraction of sp³-hybridized carbons (Fsp3) is 0.200. The Hall–Kier alpha value is -1.76. The highest BCUT2D eigenvalue weighted by atomic mass is 16.5. The van der Waals surface area contributed by atoms with Crippen molar-refractivity contribution in [2.45, 2.75) is 13.8 Å². The molecule has 0 N–H and O–H groups in total. The maximum Gasteiger partial charge on any atom is 0.119 e. The zero-order valence-corrected chi connectivity index (χ0v) is 9.95. The Morgan fingerprint density at radius 1 is 0.875 bits per heavy atom. The van der Waals surface area contributed by atoms with E-state index in [2.05, 4.69) is 50.2 Å². The molecule has 0 aliphatic rings. The number of rotatable bonds is 2. The average molecular weight is 212 g/mol. The molecule has 0 spiro atoms. The predicted octanol–water partition coefficient (Wildman–Crippen LogP) is 3.98. The SMILES string of the molecule is COc1ccc(-c2ccc(C)cc2)c(C)c1. The largest absolute Gasteiger partial charge is 0.497 e. The molecular formula is C15H16O. The second-order valence-corrected chi connectivity index (χ2v) is 4.05. The standard InChI is InChI=1S/C15H16O/c1-11-4-6-13(7-5-11)15-9-8-14(16-3)10-12(15)2/h4-10H,1-3H3. The minimum absolute atomic E-state index is 0.911. The smallest absolute Gasteiger partial charge is 0.119 e. The minimum atomic E-state index is 0.911. The Bertz CT molecular complexity index is 483. The molecule has 0 fully saturated rings. The number of ether oxygens (including phenoxy) is 1. The first-order valence-electron chi connectivity index (χ1n) is 5.42. The summed E-state index contributed by atoms with van der Waals surface area (Å²) in [5, 5.41) is 0. The molecular weight excluding hydrogens is 196 g/mol. The van der Waals surface area contributed by atoms with Crippen LogP contribution in [0.2, 0.25) is 0 Å². The van der Waals surface area contributed by atoms with E-state index in [-0.39, 0.29) is 0 Å². The lowest BCUT2D eigenvalue weighted by molar-refractivity contribution is 0.414. The molecule has 0 unspecified atom stereocenters. The highest BCUT2D eigenvalue weighted by Gasteiger charge is 2.02.